The predicted molar refractivity (Wildman–Crippen MR) is 71.5 cm³/mol. The summed E-state index contributed by atoms with van der Waals surface area (Å²) in [5.74, 6) is -1.07. The van der Waals surface area contributed by atoms with Gasteiger partial charge in [0.05, 0.1) is 5.56 Å². The largest absolute Gasteiger partial charge is 0.480 e. The lowest BCUT2D eigenvalue weighted by Crippen LogP contribution is -2.41. The lowest BCUT2D eigenvalue weighted by atomic mass is 10.1. The molecular weight excluding hydrogens is 306 g/mol. The van der Waals surface area contributed by atoms with Gasteiger partial charge in [-0.3, -0.25) is 4.79 Å². The number of carbonyl (C=O) groups excluding carboxylic acids is 1. The number of carboxylic acids is 1. The first kappa shape index (κ1) is 14.1. The van der Waals surface area contributed by atoms with Crippen LogP contribution in [0.3, 0.4) is 0 Å². The third-order valence-electron chi connectivity index (χ3n) is 2.14. The smallest absolute Gasteiger partial charge is 0.326 e. The molecule has 4 nitrogen and oxygen atoms in total. The van der Waals surface area contributed by atoms with Crippen LogP contribution in [0.2, 0.25) is 0 Å². The molecule has 1 rings (SSSR count). The predicted octanol–water partition coefficient (Wildman–Crippen LogP) is 1.95. The van der Waals surface area contributed by atoms with E-state index in [2.05, 4.69) is 33.9 Å². The van der Waals surface area contributed by atoms with Crippen molar-refractivity contribution in [1.82, 2.24) is 5.32 Å². The maximum absolute atomic E-state index is 11.8. The van der Waals surface area contributed by atoms with E-state index >= 15 is 0 Å². The van der Waals surface area contributed by atoms with Gasteiger partial charge in [-0.1, -0.05) is 12.1 Å². The van der Waals surface area contributed by atoms with Gasteiger partial charge < -0.3 is 10.4 Å². The fraction of sp³-hybridized carbons (Fsp3) is 0.273. The second-order valence-corrected chi connectivity index (χ2v) is 4.66. The van der Waals surface area contributed by atoms with E-state index in [1.165, 1.54) is 0 Å². The highest BCUT2D eigenvalue weighted by molar-refractivity contribution is 9.10. The van der Waals surface area contributed by atoms with Crippen LogP contribution >= 0.6 is 28.6 Å². The number of amides is 1. The average Bonchev–Trinajstić information content (AvgIpc) is 2.28. The molecule has 1 amide bonds. The van der Waals surface area contributed by atoms with Crippen LogP contribution in [0.25, 0.3) is 0 Å². The minimum absolute atomic E-state index is 0.286. The van der Waals surface area contributed by atoms with Crippen LogP contribution in [-0.2, 0) is 4.79 Å². The summed E-state index contributed by atoms with van der Waals surface area (Å²) in [6.07, 6.45) is 0.286. The highest BCUT2D eigenvalue weighted by Crippen LogP contribution is 2.15. The zero-order chi connectivity index (χ0) is 12.8. The number of hydrogen-bond donors (Lipinski definition) is 3. The quantitative estimate of drug-likeness (QED) is 0.727. The van der Waals surface area contributed by atoms with E-state index in [9.17, 15) is 9.59 Å². The van der Waals surface area contributed by atoms with Gasteiger partial charge in [-0.2, -0.15) is 12.6 Å². The molecule has 1 unspecified atom stereocenters. The Morgan fingerprint density at radius 1 is 1.41 bits per heavy atom. The molecule has 0 heterocycles. The summed E-state index contributed by atoms with van der Waals surface area (Å²) in [4.78, 5) is 22.7. The van der Waals surface area contributed by atoms with Gasteiger partial charge in [0.25, 0.3) is 5.91 Å². The van der Waals surface area contributed by atoms with Crippen molar-refractivity contribution < 1.29 is 14.7 Å². The molecule has 0 spiro atoms. The fourth-order valence-electron chi connectivity index (χ4n) is 1.27. The van der Waals surface area contributed by atoms with Crippen molar-refractivity contribution in [2.45, 2.75) is 12.5 Å². The minimum atomic E-state index is -1.06. The van der Waals surface area contributed by atoms with Crippen molar-refractivity contribution in [1.29, 1.82) is 0 Å². The Morgan fingerprint density at radius 2 is 2.06 bits per heavy atom. The van der Waals surface area contributed by atoms with Crippen molar-refractivity contribution in [2.75, 3.05) is 5.75 Å². The zero-order valence-electron chi connectivity index (χ0n) is 8.89. The molecule has 0 saturated carbocycles. The van der Waals surface area contributed by atoms with E-state index in [4.69, 9.17) is 5.11 Å². The summed E-state index contributed by atoms with van der Waals surface area (Å²) in [5.41, 5.74) is 0.415. The summed E-state index contributed by atoms with van der Waals surface area (Å²) in [7, 11) is 0. The fourth-order valence-corrected chi connectivity index (χ4v) is 1.99. The maximum Gasteiger partial charge on any atom is 0.326 e. The Morgan fingerprint density at radius 3 is 2.59 bits per heavy atom. The van der Waals surface area contributed by atoms with Gasteiger partial charge in [0.2, 0.25) is 0 Å². The van der Waals surface area contributed by atoms with Crippen molar-refractivity contribution in [3.8, 4) is 0 Å². The molecule has 0 saturated heterocycles. The van der Waals surface area contributed by atoms with Crippen LogP contribution in [0.5, 0.6) is 0 Å². The Kier molecular flexibility index (Phi) is 5.50. The third kappa shape index (κ3) is 4.05. The number of rotatable bonds is 5. The Hall–Kier alpha value is -1.01. The van der Waals surface area contributed by atoms with Crippen LogP contribution < -0.4 is 5.32 Å². The summed E-state index contributed by atoms with van der Waals surface area (Å²) in [6, 6.07) is 5.94. The summed E-state index contributed by atoms with van der Waals surface area (Å²) < 4.78 is 0.632. The first-order valence-electron chi connectivity index (χ1n) is 4.95. The molecule has 0 radical (unpaired) electrons. The Bertz CT molecular complexity index is 425. The molecular formula is C11H12BrNO3S. The highest BCUT2D eigenvalue weighted by atomic mass is 79.9. The van der Waals surface area contributed by atoms with Crippen LogP contribution in [0, 0.1) is 0 Å². The van der Waals surface area contributed by atoms with Crippen molar-refractivity contribution in [3.63, 3.8) is 0 Å². The number of carbonyl (C=O) groups is 2. The van der Waals surface area contributed by atoms with Crippen molar-refractivity contribution in [3.05, 3.63) is 34.3 Å². The van der Waals surface area contributed by atoms with Gasteiger partial charge in [0.15, 0.2) is 0 Å². The van der Waals surface area contributed by atoms with E-state index in [1.807, 2.05) is 0 Å². The molecule has 1 atom stereocenters. The molecule has 0 bridgehead atoms. The lowest BCUT2D eigenvalue weighted by Gasteiger charge is -2.13. The standard InChI is InChI=1S/C11H12BrNO3S/c12-8-4-2-1-3-7(8)10(14)13-9(5-6-17)11(15)16/h1-4,9,17H,5-6H2,(H,13,14)(H,15,16). The number of halogens is 1. The van der Waals surface area contributed by atoms with Gasteiger partial charge in [-0.15, -0.1) is 0 Å². The number of nitrogens with one attached hydrogen (secondary N) is 1. The van der Waals surface area contributed by atoms with E-state index in [1.54, 1.807) is 24.3 Å². The molecule has 1 aromatic rings. The van der Waals surface area contributed by atoms with Crippen molar-refractivity contribution >= 4 is 40.4 Å². The minimum Gasteiger partial charge on any atom is -0.480 e. The number of hydrogen-bond acceptors (Lipinski definition) is 3. The molecule has 2 N–H and O–H groups in total. The first-order chi connectivity index (χ1) is 8.06. The van der Waals surface area contributed by atoms with Crippen LogP contribution in [0.1, 0.15) is 16.8 Å². The maximum atomic E-state index is 11.8. The molecule has 1 aromatic carbocycles. The summed E-state index contributed by atoms with van der Waals surface area (Å²) in [5, 5.41) is 11.4. The number of thiol groups is 1. The van der Waals surface area contributed by atoms with E-state index in [0.717, 1.165) is 0 Å². The monoisotopic (exact) mass is 317 g/mol. The van der Waals surface area contributed by atoms with Gasteiger partial charge >= 0.3 is 5.97 Å². The van der Waals surface area contributed by atoms with Crippen LogP contribution in [0.15, 0.2) is 28.7 Å². The molecule has 0 aliphatic carbocycles. The van der Waals surface area contributed by atoms with Gasteiger partial charge in [0.1, 0.15) is 6.04 Å². The second-order valence-electron chi connectivity index (χ2n) is 3.36. The molecule has 17 heavy (non-hydrogen) atoms. The summed E-state index contributed by atoms with van der Waals surface area (Å²) in [6.45, 7) is 0. The molecule has 6 heteroatoms. The molecule has 92 valence electrons. The molecule has 0 aromatic heterocycles. The Labute approximate surface area is 113 Å². The van der Waals surface area contributed by atoms with Gasteiger partial charge in [-0.25, -0.2) is 4.79 Å². The average molecular weight is 318 g/mol. The third-order valence-corrected chi connectivity index (χ3v) is 3.09. The van der Waals surface area contributed by atoms with Crippen LogP contribution in [0.4, 0.5) is 0 Å². The van der Waals surface area contributed by atoms with E-state index in [-0.39, 0.29) is 6.42 Å². The van der Waals surface area contributed by atoms with Gasteiger partial charge in [-0.05, 0) is 40.2 Å². The van der Waals surface area contributed by atoms with Crippen molar-refractivity contribution in [2.24, 2.45) is 0 Å². The van der Waals surface area contributed by atoms with Gasteiger partial charge in [0, 0.05) is 4.47 Å². The van der Waals surface area contributed by atoms with Crippen LogP contribution in [-0.4, -0.2) is 28.8 Å². The molecule has 0 aliphatic rings. The SMILES string of the molecule is O=C(NC(CCS)C(=O)O)c1ccccc1Br. The molecule has 0 aliphatic heterocycles. The second kappa shape index (κ2) is 6.66. The molecule has 0 fully saturated rings. The number of aliphatic carboxylic acids is 1. The number of carboxylic acid groups (broad SMARTS) is 1. The number of benzene rings is 1. The summed E-state index contributed by atoms with van der Waals surface area (Å²) >= 11 is 7.20. The zero-order valence-corrected chi connectivity index (χ0v) is 11.4. The Balaban J connectivity index is 2.77. The first-order valence-corrected chi connectivity index (χ1v) is 6.38. The highest BCUT2D eigenvalue weighted by Gasteiger charge is 2.20. The van der Waals surface area contributed by atoms with E-state index < -0.39 is 17.9 Å². The topological polar surface area (TPSA) is 66.4 Å². The van der Waals surface area contributed by atoms with E-state index in [0.29, 0.717) is 15.8 Å². The normalized spacial score (nSPS) is 11.9. The lowest BCUT2D eigenvalue weighted by molar-refractivity contribution is -0.139.